The van der Waals surface area contributed by atoms with Crippen molar-refractivity contribution in [2.45, 2.75) is 30.8 Å². The number of pyridine rings is 1. The molecule has 1 aromatic heterocycles. The van der Waals surface area contributed by atoms with Gasteiger partial charge in [0.25, 0.3) is 0 Å². The van der Waals surface area contributed by atoms with E-state index >= 15 is 0 Å². The Morgan fingerprint density at radius 1 is 1.21 bits per heavy atom. The Labute approximate surface area is 168 Å². The van der Waals surface area contributed by atoms with Gasteiger partial charge in [-0.15, -0.1) is 0 Å². The summed E-state index contributed by atoms with van der Waals surface area (Å²) in [5.74, 6) is 5.63. The zero-order valence-corrected chi connectivity index (χ0v) is 16.1. The molecule has 2 heterocycles. The molecule has 2 unspecified atom stereocenters. The third kappa shape index (κ3) is 3.95. The van der Waals surface area contributed by atoms with Crippen molar-refractivity contribution in [1.29, 1.82) is 0 Å². The SMILES string of the molecule is COC1(OC)CC(C#Cc2cncc(C3NC(=O)OC3c3cccc(F)c3)c2)C1. The van der Waals surface area contributed by atoms with Crippen molar-refractivity contribution in [3.63, 3.8) is 0 Å². The number of amides is 1. The number of halogens is 1. The van der Waals surface area contributed by atoms with Crippen LogP contribution in [0.15, 0.2) is 42.7 Å². The van der Waals surface area contributed by atoms with Crippen molar-refractivity contribution in [3.05, 3.63) is 65.2 Å². The summed E-state index contributed by atoms with van der Waals surface area (Å²) in [6.07, 6.45) is 3.57. The molecule has 0 bridgehead atoms. The highest BCUT2D eigenvalue weighted by molar-refractivity contribution is 5.71. The Kier molecular flexibility index (Phi) is 5.22. The lowest BCUT2D eigenvalue weighted by Crippen LogP contribution is -2.46. The summed E-state index contributed by atoms with van der Waals surface area (Å²) in [5, 5.41) is 2.77. The molecule has 2 atom stereocenters. The number of aromatic nitrogens is 1. The van der Waals surface area contributed by atoms with Crippen molar-refractivity contribution in [1.82, 2.24) is 10.3 Å². The fourth-order valence-electron chi connectivity index (χ4n) is 3.71. The first-order valence-electron chi connectivity index (χ1n) is 9.31. The molecule has 6 nitrogen and oxygen atoms in total. The Hall–Kier alpha value is -2.95. The van der Waals surface area contributed by atoms with E-state index in [-0.39, 0.29) is 11.7 Å². The molecule has 29 heavy (non-hydrogen) atoms. The number of alkyl carbamates (subject to hydrolysis) is 1. The summed E-state index contributed by atoms with van der Waals surface area (Å²) in [5.41, 5.74) is 2.05. The molecule has 1 saturated carbocycles. The predicted octanol–water partition coefficient (Wildman–Crippen LogP) is 3.49. The van der Waals surface area contributed by atoms with Crippen LogP contribution in [0.1, 0.15) is 41.7 Å². The number of carbonyl (C=O) groups excluding carboxylic acids is 1. The quantitative estimate of drug-likeness (QED) is 0.633. The van der Waals surface area contributed by atoms with Gasteiger partial charge in [0.1, 0.15) is 11.9 Å². The standard InChI is InChI=1S/C22H21FN2O4/c1-27-22(28-2)10-15(11-22)7-6-14-8-17(13-24-12-14)19-20(29-21(26)25-19)16-4-3-5-18(23)9-16/h3-5,8-9,12-13,15,19-20H,10-11H2,1-2H3,(H,25,26). The van der Waals surface area contributed by atoms with Crippen molar-refractivity contribution in [3.8, 4) is 11.8 Å². The molecule has 0 spiro atoms. The number of ether oxygens (including phenoxy) is 3. The molecule has 1 aromatic carbocycles. The summed E-state index contributed by atoms with van der Waals surface area (Å²) < 4.78 is 29.8. The van der Waals surface area contributed by atoms with Crippen LogP contribution in [0.3, 0.4) is 0 Å². The van der Waals surface area contributed by atoms with E-state index in [1.165, 1.54) is 12.1 Å². The van der Waals surface area contributed by atoms with Crippen LogP contribution in [0.2, 0.25) is 0 Å². The molecule has 1 amide bonds. The zero-order valence-electron chi connectivity index (χ0n) is 16.1. The van der Waals surface area contributed by atoms with Gasteiger partial charge >= 0.3 is 6.09 Å². The highest BCUT2D eigenvalue weighted by Crippen LogP contribution is 2.40. The maximum atomic E-state index is 13.6. The molecule has 1 saturated heterocycles. The normalized spacial score (nSPS) is 22.8. The van der Waals surface area contributed by atoms with Crippen molar-refractivity contribution in [2.24, 2.45) is 5.92 Å². The Bertz CT molecular complexity index is 972. The van der Waals surface area contributed by atoms with Crippen LogP contribution in [0.4, 0.5) is 9.18 Å². The molecule has 1 aliphatic heterocycles. The number of nitrogens with one attached hydrogen (secondary N) is 1. The molecule has 7 heteroatoms. The van der Waals surface area contributed by atoms with Gasteiger partial charge in [-0.1, -0.05) is 24.0 Å². The molecule has 2 aliphatic rings. The van der Waals surface area contributed by atoms with Gasteiger partial charge in [0.15, 0.2) is 11.9 Å². The predicted molar refractivity (Wildman–Crippen MR) is 102 cm³/mol. The van der Waals surface area contributed by atoms with Gasteiger partial charge in [0.05, 0.1) is 0 Å². The first-order valence-corrected chi connectivity index (χ1v) is 9.31. The van der Waals surface area contributed by atoms with Crippen LogP contribution >= 0.6 is 0 Å². The van der Waals surface area contributed by atoms with Crippen LogP contribution in [0.25, 0.3) is 0 Å². The van der Waals surface area contributed by atoms with E-state index in [1.54, 1.807) is 38.7 Å². The second-order valence-corrected chi connectivity index (χ2v) is 7.20. The summed E-state index contributed by atoms with van der Waals surface area (Å²) in [6, 6.07) is 7.42. The van der Waals surface area contributed by atoms with E-state index in [2.05, 4.69) is 22.1 Å². The topological polar surface area (TPSA) is 69.7 Å². The van der Waals surface area contributed by atoms with Crippen LogP contribution in [0, 0.1) is 23.6 Å². The molecular weight excluding hydrogens is 375 g/mol. The largest absolute Gasteiger partial charge is 0.439 e. The van der Waals surface area contributed by atoms with Crippen LogP contribution in [-0.4, -0.2) is 31.1 Å². The number of hydrogen-bond donors (Lipinski definition) is 1. The highest BCUT2D eigenvalue weighted by Gasteiger charge is 2.44. The van der Waals surface area contributed by atoms with Crippen LogP contribution < -0.4 is 5.32 Å². The Morgan fingerprint density at radius 2 is 2.00 bits per heavy atom. The summed E-state index contributed by atoms with van der Waals surface area (Å²) in [6.45, 7) is 0. The second-order valence-electron chi connectivity index (χ2n) is 7.20. The minimum absolute atomic E-state index is 0.188. The molecule has 1 aliphatic carbocycles. The molecule has 4 rings (SSSR count). The fourth-order valence-corrected chi connectivity index (χ4v) is 3.71. The van der Waals surface area contributed by atoms with E-state index in [4.69, 9.17) is 14.2 Å². The summed E-state index contributed by atoms with van der Waals surface area (Å²) in [7, 11) is 3.26. The maximum Gasteiger partial charge on any atom is 0.408 e. The van der Waals surface area contributed by atoms with Gasteiger partial charge in [0.2, 0.25) is 0 Å². The minimum Gasteiger partial charge on any atom is -0.439 e. The number of cyclic esters (lactones) is 1. The first kappa shape index (κ1) is 19.4. The van der Waals surface area contributed by atoms with E-state index < -0.39 is 24.0 Å². The molecule has 2 fully saturated rings. The number of hydrogen-bond acceptors (Lipinski definition) is 5. The van der Waals surface area contributed by atoms with Crippen molar-refractivity contribution >= 4 is 6.09 Å². The average Bonchev–Trinajstić information content (AvgIpc) is 3.10. The third-order valence-corrected chi connectivity index (χ3v) is 5.39. The molecular formula is C22H21FN2O4. The summed E-state index contributed by atoms with van der Waals surface area (Å²) >= 11 is 0. The van der Waals surface area contributed by atoms with Crippen molar-refractivity contribution < 1.29 is 23.4 Å². The zero-order chi connectivity index (χ0) is 20.4. The number of benzene rings is 1. The van der Waals surface area contributed by atoms with Gasteiger partial charge < -0.3 is 19.5 Å². The van der Waals surface area contributed by atoms with Gasteiger partial charge in [0, 0.05) is 50.9 Å². The smallest absolute Gasteiger partial charge is 0.408 e. The number of carbonyl (C=O) groups is 1. The maximum absolute atomic E-state index is 13.6. The van der Waals surface area contributed by atoms with E-state index in [9.17, 15) is 9.18 Å². The molecule has 150 valence electrons. The van der Waals surface area contributed by atoms with E-state index in [1.807, 2.05) is 6.07 Å². The number of methoxy groups -OCH3 is 2. The Balaban J connectivity index is 1.53. The highest BCUT2D eigenvalue weighted by atomic mass is 19.1. The lowest BCUT2D eigenvalue weighted by molar-refractivity contribution is -0.261. The summed E-state index contributed by atoms with van der Waals surface area (Å²) in [4.78, 5) is 16.1. The van der Waals surface area contributed by atoms with Gasteiger partial charge in [-0.3, -0.25) is 4.98 Å². The second kappa shape index (κ2) is 7.82. The molecule has 1 N–H and O–H groups in total. The number of rotatable bonds is 4. The first-order chi connectivity index (χ1) is 14.0. The molecule has 2 aromatic rings. The van der Waals surface area contributed by atoms with Gasteiger partial charge in [-0.05, 0) is 29.3 Å². The van der Waals surface area contributed by atoms with Gasteiger partial charge in [-0.25, -0.2) is 9.18 Å². The number of nitrogens with zero attached hydrogens (tertiary/aromatic N) is 1. The van der Waals surface area contributed by atoms with Crippen LogP contribution in [-0.2, 0) is 14.2 Å². The van der Waals surface area contributed by atoms with Crippen molar-refractivity contribution in [2.75, 3.05) is 14.2 Å². The lowest BCUT2D eigenvalue weighted by Gasteiger charge is -2.42. The van der Waals surface area contributed by atoms with Crippen LogP contribution in [0.5, 0.6) is 0 Å². The monoisotopic (exact) mass is 396 g/mol. The third-order valence-electron chi connectivity index (χ3n) is 5.39. The minimum atomic E-state index is -0.640. The Morgan fingerprint density at radius 3 is 2.72 bits per heavy atom. The lowest BCUT2D eigenvalue weighted by atomic mass is 9.79. The van der Waals surface area contributed by atoms with Gasteiger partial charge in [-0.2, -0.15) is 0 Å². The molecule has 0 radical (unpaired) electrons. The van der Waals surface area contributed by atoms with E-state index in [0.29, 0.717) is 18.4 Å². The average molecular weight is 396 g/mol. The van der Waals surface area contributed by atoms with E-state index in [0.717, 1.165) is 11.1 Å². The fraction of sp³-hybridized carbons (Fsp3) is 0.364.